The Labute approximate surface area is 118 Å². The maximum Gasteiger partial charge on any atom is 0.343 e. The van der Waals surface area contributed by atoms with Crippen LogP contribution in [0.15, 0.2) is 48.5 Å². The first-order chi connectivity index (χ1) is 8.70. The molecule has 3 nitrogen and oxygen atoms in total. The molecule has 0 radical (unpaired) electrons. The van der Waals surface area contributed by atoms with Crippen LogP contribution in [-0.4, -0.2) is 5.97 Å². The summed E-state index contributed by atoms with van der Waals surface area (Å²) in [5.74, 6) is -0.180. The molecular formula is C14H8INO2. The second-order valence-corrected chi connectivity index (χ2v) is 4.75. The first-order valence-electron chi connectivity index (χ1n) is 5.17. The highest BCUT2D eigenvalue weighted by atomic mass is 127. The fraction of sp³-hybridized carbons (Fsp3) is 0. The smallest absolute Gasteiger partial charge is 0.343 e. The zero-order valence-electron chi connectivity index (χ0n) is 9.26. The molecule has 0 saturated carbocycles. The molecule has 0 amide bonds. The van der Waals surface area contributed by atoms with E-state index in [0.29, 0.717) is 11.1 Å². The van der Waals surface area contributed by atoms with Gasteiger partial charge in [-0.25, -0.2) is 4.79 Å². The van der Waals surface area contributed by atoms with E-state index >= 15 is 0 Å². The van der Waals surface area contributed by atoms with Crippen molar-refractivity contribution >= 4 is 28.6 Å². The molecule has 0 N–H and O–H groups in total. The van der Waals surface area contributed by atoms with Crippen LogP contribution in [0.1, 0.15) is 15.9 Å². The lowest BCUT2D eigenvalue weighted by atomic mass is 10.2. The van der Waals surface area contributed by atoms with E-state index in [1.807, 2.05) is 12.1 Å². The number of halogens is 1. The average molecular weight is 349 g/mol. The standard InChI is InChI=1S/C14H8INO2/c15-12-6-3-5-10(8-12)14(17)18-13-7-2-1-4-11(13)9-16/h1-8H. The van der Waals surface area contributed by atoms with Gasteiger partial charge in [-0.3, -0.25) is 0 Å². The topological polar surface area (TPSA) is 50.1 Å². The Bertz CT molecular complexity index is 632. The van der Waals surface area contributed by atoms with E-state index in [1.54, 1.807) is 42.5 Å². The Morgan fingerprint density at radius 1 is 1.17 bits per heavy atom. The summed E-state index contributed by atoms with van der Waals surface area (Å²) in [4.78, 5) is 11.9. The van der Waals surface area contributed by atoms with Crippen LogP contribution >= 0.6 is 22.6 Å². The molecule has 0 aliphatic carbocycles. The molecule has 0 unspecified atom stereocenters. The van der Waals surface area contributed by atoms with Crippen molar-refractivity contribution in [3.05, 3.63) is 63.2 Å². The van der Waals surface area contributed by atoms with Crippen molar-refractivity contribution in [3.63, 3.8) is 0 Å². The number of nitriles is 1. The van der Waals surface area contributed by atoms with Crippen molar-refractivity contribution in [1.82, 2.24) is 0 Å². The summed E-state index contributed by atoms with van der Waals surface area (Å²) in [6.07, 6.45) is 0. The van der Waals surface area contributed by atoms with Crippen molar-refractivity contribution in [2.75, 3.05) is 0 Å². The Hall–Kier alpha value is -1.87. The van der Waals surface area contributed by atoms with Gasteiger partial charge in [-0.2, -0.15) is 5.26 Å². The number of ether oxygens (including phenoxy) is 1. The van der Waals surface area contributed by atoms with Gasteiger partial charge < -0.3 is 4.74 Å². The molecule has 0 aliphatic heterocycles. The minimum absolute atomic E-state index is 0.281. The molecule has 88 valence electrons. The van der Waals surface area contributed by atoms with Gasteiger partial charge in [0.25, 0.3) is 0 Å². The predicted octanol–water partition coefficient (Wildman–Crippen LogP) is 3.38. The number of carbonyl (C=O) groups is 1. The van der Waals surface area contributed by atoms with Crippen molar-refractivity contribution in [2.24, 2.45) is 0 Å². The molecule has 2 aromatic carbocycles. The lowest BCUT2D eigenvalue weighted by Crippen LogP contribution is -2.09. The van der Waals surface area contributed by atoms with Gasteiger partial charge >= 0.3 is 5.97 Å². The Balaban J connectivity index is 2.25. The van der Waals surface area contributed by atoms with Gasteiger partial charge in [-0.1, -0.05) is 18.2 Å². The number of hydrogen-bond acceptors (Lipinski definition) is 3. The third-order valence-corrected chi connectivity index (χ3v) is 2.94. The van der Waals surface area contributed by atoms with E-state index in [2.05, 4.69) is 22.6 Å². The molecule has 0 aliphatic rings. The van der Waals surface area contributed by atoms with E-state index in [1.165, 1.54) is 0 Å². The van der Waals surface area contributed by atoms with Crippen LogP contribution < -0.4 is 4.74 Å². The second-order valence-electron chi connectivity index (χ2n) is 3.51. The Kier molecular flexibility index (Phi) is 3.95. The van der Waals surface area contributed by atoms with E-state index < -0.39 is 5.97 Å². The Morgan fingerprint density at radius 2 is 1.94 bits per heavy atom. The van der Waals surface area contributed by atoms with E-state index in [9.17, 15) is 4.79 Å². The SMILES string of the molecule is N#Cc1ccccc1OC(=O)c1cccc(I)c1. The van der Waals surface area contributed by atoms with Crippen LogP contribution in [0.4, 0.5) is 0 Å². The highest BCUT2D eigenvalue weighted by Crippen LogP contribution is 2.18. The zero-order valence-corrected chi connectivity index (χ0v) is 11.4. The number of para-hydroxylation sites is 1. The van der Waals surface area contributed by atoms with Gasteiger partial charge in [0.15, 0.2) is 0 Å². The number of esters is 1. The van der Waals surface area contributed by atoms with Gasteiger partial charge in [0.2, 0.25) is 0 Å². The zero-order chi connectivity index (χ0) is 13.0. The number of nitrogens with zero attached hydrogens (tertiary/aromatic N) is 1. The quantitative estimate of drug-likeness (QED) is 0.475. The summed E-state index contributed by atoms with van der Waals surface area (Å²) in [6.45, 7) is 0. The van der Waals surface area contributed by atoms with Crippen molar-refractivity contribution < 1.29 is 9.53 Å². The van der Waals surface area contributed by atoms with Gasteiger partial charge in [-0.05, 0) is 52.9 Å². The second kappa shape index (κ2) is 5.65. The predicted molar refractivity (Wildman–Crippen MR) is 75.3 cm³/mol. The van der Waals surface area contributed by atoms with E-state index in [0.717, 1.165) is 3.57 Å². The fourth-order valence-electron chi connectivity index (χ4n) is 1.42. The molecule has 0 aromatic heterocycles. The normalized spacial score (nSPS) is 9.56. The summed E-state index contributed by atoms with van der Waals surface area (Å²) in [6, 6.07) is 15.7. The monoisotopic (exact) mass is 349 g/mol. The molecule has 4 heteroatoms. The first-order valence-corrected chi connectivity index (χ1v) is 6.25. The molecule has 2 rings (SSSR count). The van der Waals surface area contributed by atoms with Crippen molar-refractivity contribution in [3.8, 4) is 11.8 Å². The molecule has 0 fully saturated rings. The number of benzene rings is 2. The average Bonchev–Trinajstić information content (AvgIpc) is 2.39. The summed E-state index contributed by atoms with van der Waals surface area (Å²) in [5.41, 5.74) is 0.811. The minimum Gasteiger partial charge on any atom is -0.422 e. The van der Waals surface area contributed by atoms with Crippen molar-refractivity contribution in [2.45, 2.75) is 0 Å². The van der Waals surface area contributed by atoms with Crippen LogP contribution in [-0.2, 0) is 0 Å². The largest absolute Gasteiger partial charge is 0.422 e. The highest BCUT2D eigenvalue weighted by Gasteiger charge is 2.11. The fourth-order valence-corrected chi connectivity index (χ4v) is 1.97. The summed E-state index contributed by atoms with van der Waals surface area (Å²) < 4.78 is 6.17. The lowest BCUT2D eigenvalue weighted by Gasteiger charge is -2.05. The summed E-state index contributed by atoms with van der Waals surface area (Å²) >= 11 is 2.12. The first kappa shape index (κ1) is 12.6. The van der Waals surface area contributed by atoms with E-state index in [-0.39, 0.29) is 5.75 Å². The molecule has 18 heavy (non-hydrogen) atoms. The van der Waals surface area contributed by atoms with Crippen LogP contribution in [0, 0.1) is 14.9 Å². The van der Waals surface area contributed by atoms with Gasteiger partial charge in [0, 0.05) is 3.57 Å². The Morgan fingerprint density at radius 3 is 2.67 bits per heavy atom. The lowest BCUT2D eigenvalue weighted by molar-refractivity contribution is 0.0734. The van der Waals surface area contributed by atoms with Crippen LogP contribution in [0.25, 0.3) is 0 Å². The summed E-state index contributed by atoms with van der Waals surface area (Å²) in [7, 11) is 0. The molecule has 2 aromatic rings. The number of carbonyl (C=O) groups excluding carboxylic acids is 1. The van der Waals surface area contributed by atoms with Crippen molar-refractivity contribution in [1.29, 1.82) is 5.26 Å². The molecular weight excluding hydrogens is 341 g/mol. The van der Waals surface area contributed by atoms with Gasteiger partial charge in [0.1, 0.15) is 11.8 Å². The third kappa shape index (κ3) is 2.87. The number of hydrogen-bond donors (Lipinski definition) is 0. The van der Waals surface area contributed by atoms with Gasteiger partial charge in [0.05, 0.1) is 11.1 Å². The number of rotatable bonds is 2. The van der Waals surface area contributed by atoms with Gasteiger partial charge in [-0.15, -0.1) is 0 Å². The minimum atomic E-state index is -0.462. The third-order valence-electron chi connectivity index (χ3n) is 2.27. The molecule has 0 bridgehead atoms. The van der Waals surface area contributed by atoms with Crippen LogP contribution in [0.2, 0.25) is 0 Å². The van der Waals surface area contributed by atoms with Crippen LogP contribution in [0.5, 0.6) is 5.75 Å². The maximum atomic E-state index is 11.9. The highest BCUT2D eigenvalue weighted by molar-refractivity contribution is 14.1. The summed E-state index contributed by atoms with van der Waals surface area (Å²) in [5, 5.41) is 8.90. The maximum absolute atomic E-state index is 11.9. The molecule has 0 heterocycles. The molecule has 0 spiro atoms. The molecule has 0 saturated heterocycles. The van der Waals surface area contributed by atoms with E-state index in [4.69, 9.17) is 10.00 Å². The molecule has 0 atom stereocenters. The van der Waals surface area contributed by atoms with Crippen LogP contribution in [0.3, 0.4) is 0 Å².